The number of thiophene rings is 1. The van der Waals surface area contributed by atoms with Crippen LogP contribution in [0.4, 0.5) is 0 Å². The van der Waals surface area contributed by atoms with E-state index in [2.05, 4.69) is 5.10 Å². The maximum absolute atomic E-state index is 12.6. The van der Waals surface area contributed by atoms with Crippen LogP contribution in [0.3, 0.4) is 0 Å². The van der Waals surface area contributed by atoms with Gasteiger partial charge in [0.25, 0.3) is 5.91 Å². The molecule has 114 valence electrons. The number of hydrogen-bond acceptors (Lipinski definition) is 3. The monoisotopic (exact) mass is 333 g/mol. The minimum Gasteiger partial charge on any atom is -0.337 e. The maximum Gasteiger partial charge on any atom is 0.264 e. The number of hydrogen-bond donors (Lipinski definition) is 0. The molecular formula is C16H16ClN3OS. The Hall–Kier alpha value is -1.85. The number of aromatic nitrogens is 2. The van der Waals surface area contributed by atoms with E-state index in [0.29, 0.717) is 11.6 Å². The predicted molar refractivity (Wildman–Crippen MR) is 90.6 cm³/mol. The van der Waals surface area contributed by atoms with Crippen molar-refractivity contribution in [2.75, 3.05) is 7.05 Å². The normalized spacial score (nSPS) is 11.1. The summed E-state index contributed by atoms with van der Waals surface area (Å²) in [6.07, 6.45) is 0. The van der Waals surface area contributed by atoms with E-state index in [9.17, 15) is 4.79 Å². The molecule has 6 heteroatoms. The van der Waals surface area contributed by atoms with Crippen LogP contribution in [0.25, 0.3) is 10.2 Å². The molecule has 0 N–H and O–H groups in total. The first-order valence-electron chi connectivity index (χ1n) is 6.89. The predicted octanol–water partition coefficient (Wildman–Crippen LogP) is 3.87. The Bertz CT molecular complexity index is 801. The van der Waals surface area contributed by atoms with Gasteiger partial charge >= 0.3 is 0 Å². The van der Waals surface area contributed by atoms with Crippen LogP contribution >= 0.6 is 22.9 Å². The second kappa shape index (κ2) is 5.74. The van der Waals surface area contributed by atoms with Crippen LogP contribution in [0, 0.1) is 6.92 Å². The van der Waals surface area contributed by atoms with Crippen molar-refractivity contribution < 1.29 is 4.79 Å². The van der Waals surface area contributed by atoms with Gasteiger partial charge in [-0.25, -0.2) is 0 Å². The number of rotatable bonds is 3. The molecule has 0 aliphatic heterocycles. The van der Waals surface area contributed by atoms with Gasteiger partial charge < -0.3 is 4.90 Å². The van der Waals surface area contributed by atoms with Crippen LogP contribution in [0.5, 0.6) is 0 Å². The van der Waals surface area contributed by atoms with Crippen molar-refractivity contribution in [3.05, 3.63) is 51.5 Å². The van der Waals surface area contributed by atoms with Crippen molar-refractivity contribution >= 4 is 39.1 Å². The maximum atomic E-state index is 12.6. The molecule has 3 rings (SSSR count). The van der Waals surface area contributed by atoms with E-state index < -0.39 is 0 Å². The van der Waals surface area contributed by atoms with Gasteiger partial charge in [0.2, 0.25) is 0 Å². The summed E-state index contributed by atoms with van der Waals surface area (Å²) in [6.45, 7) is 2.52. The zero-order chi connectivity index (χ0) is 15.9. The van der Waals surface area contributed by atoms with Gasteiger partial charge in [-0.1, -0.05) is 23.7 Å². The lowest BCUT2D eigenvalue weighted by atomic mass is 10.2. The number of halogens is 1. The molecule has 0 aliphatic carbocycles. The number of benzene rings is 1. The highest BCUT2D eigenvalue weighted by atomic mass is 35.5. The standard InChI is InChI=1S/C16H16ClN3OS/c1-10-13-8-14(22-16(13)20(3)18-10)15(21)19(2)9-11-4-6-12(17)7-5-11/h4-8H,9H2,1-3H3. The molecule has 1 aromatic carbocycles. The third kappa shape index (κ3) is 2.74. The van der Waals surface area contributed by atoms with Gasteiger partial charge in [0.1, 0.15) is 4.83 Å². The zero-order valence-corrected chi connectivity index (χ0v) is 14.2. The van der Waals surface area contributed by atoms with Crippen LogP contribution in [-0.2, 0) is 13.6 Å². The summed E-state index contributed by atoms with van der Waals surface area (Å²) < 4.78 is 1.82. The third-order valence-corrected chi connectivity index (χ3v) is 5.03. The quantitative estimate of drug-likeness (QED) is 0.729. The van der Waals surface area contributed by atoms with Crippen molar-refractivity contribution in [2.24, 2.45) is 7.05 Å². The lowest BCUT2D eigenvalue weighted by Crippen LogP contribution is -2.25. The third-order valence-electron chi connectivity index (χ3n) is 3.59. The molecule has 0 saturated carbocycles. The molecule has 22 heavy (non-hydrogen) atoms. The average Bonchev–Trinajstić information content (AvgIpc) is 3.03. The van der Waals surface area contributed by atoms with Gasteiger partial charge in [0.15, 0.2) is 0 Å². The zero-order valence-electron chi connectivity index (χ0n) is 12.6. The fourth-order valence-electron chi connectivity index (χ4n) is 2.43. The SMILES string of the molecule is Cc1nn(C)c2sc(C(=O)N(C)Cc3ccc(Cl)cc3)cc12. The molecule has 0 bridgehead atoms. The van der Waals surface area contributed by atoms with Crippen LogP contribution < -0.4 is 0 Å². The Kier molecular flexibility index (Phi) is 3.93. The molecule has 0 radical (unpaired) electrons. The molecule has 2 heterocycles. The summed E-state index contributed by atoms with van der Waals surface area (Å²) in [5, 5.41) is 6.11. The van der Waals surface area contributed by atoms with Gasteiger partial charge in [0.05, 0.1) is 10.6 Å². The average molecular weight is 334 g/mol. The summed E-state index contributed by atoms with van der Waals surface area (Å²) in [7, 11) is 3.71. The number of amides is 1. The highest BCUT2D eigenvalue weighted by molar-refractivity contribution is 7.20. The molecule has 1 amide bonds. The lowest BCUT2D eigenvalue weighted by molar-refractivity contribution is 0.0790. The van der Waals surface area contributed by atoms with E-state index in [1.807, 2.05) is 56.0 Å². The van der Waals surface area contributed by atoms with Crippen molar-refractivity contribution in [2.45, 2.75) is 13.5 Å². The number of carbonyl (C=O) groups is 1. The minimum atomic E-state index is 0.0237. The topological polar surface area (TPSA) is 38.1 Å². The molecule has 0 unspecified atom stereocenters. The fourth-order valence-corrected chi connectivity index (χ4v) is 3.68. The molecule has 2 aromatic heterocycles. The summed E-state index contributed by atoms with van der Waals surface area (Å²) in [5.41, 5.74) is 2.01. The Morgan fingerprint density at radius 2 is 2.05 bits per heavy atom. The number of nitrogens with zero attached hydrogens (tertiary/aromatic N) is 3. The smallest absolute Gasteiger partial charge is 0.264 e. The largest absolute Gasteiger partial charge is 0.337 e. The first-order chi connectivity index (χ1) is 10.5. The van der Waals surface area contributed by atoms with E-state index in [4.69, 9.17) is 11.6 Å². The Balaban J connectivity index is 1.82. The van der Waals surface area contributed by atoms with Crippen molar-refractivity contribution in [3.63, 3.8) is 0 Å². The minimum absolute atomic E-state index is 0.0237. The van der Waals surface area contributed by atoms with Crippen LogP contribution in [0.2, 0.25) is 5.02 Å². The molecule has 0 saturated heterocycles. The Labute approximate surface area is 137 Å². The molecular weight excluding hydrogens is 318 g/mol. The summed E-state index contributed by atoms with van der Waals surface area (Å²) in [6, 6.07) is 9.48. The molecule has 3 aromatic rings. The van der Waals surface area contributed by atoms with Crippen molar-refractivity contribution in [3.8, 4) is 0 Å². The second-order valence-corrected chi connectivity index (χ2v) is 6.79. The van der Waals surface area contributed by atoms with Crippen molar-refractivity contribution in [1.29, 1.82) is 0 Å². The Morgan fingerprint density at radius 3 is 2.68 bits per heavy atom. The van der Waals surface area contributed by atoms with Crippen LogP contribution in [0.15, 0.2) is 30.3 Å². The van der Waals surface area contributed by atoms with Crippen molar-refractivity contribution in [1.82, 2.24) is 14.7 Å². The van der Waals surface area contributed by atoms with E-state index in [0.717, 1.165) is 26.4 Å². The highest BCUT2D eigenvalue weighted by Gasteiger charge is 2.18. The second-order valence-electron chi connectivity index (χ2n) is 5.33. The first-order valence-corrected chi connectivity index (χ1v) is 8.08. The summed E-state index contributed by atoms with van der Waals surface area (Å²) in [4.78, 5) is 16.1. The van der Waals surface area contributed by atoms with Gasteiger partial charge in [-0.2, -0.15) is 5.10 Å². The highest BCUT2D eigenvalue weighted by Crippen LogP contribution is 2.28. The summed E-state index contributed by atoms with van der Waals surface area (Å²) >= 11 is 7.36. The molecule has 0 aliphatic rings. The molecule has 0 spiro atoms. The van der Waals surface area contributed by atoms with Gasteiger partial charge in [-0.3, -0.25) is 9.48 Å². The van der Waals surface area contributed by atoms with Crippen LogP contribution in [-0.4, -0.2) is 27.6 Å². The first kappa shape index (κ1) is 15.1. The number of aryl methyl sites for hydroxylation is 2. The Morgan fingerprint density at radius 1 is 1.36 bits per heavy atom. The van der Waals surface area contributed by atoms with E-state index in [1.165, 1.54) is 11.3 Å². The summed E-state index contributed by atoms with van der Waals surface area (Å²) in [5.74, 6) is 0.0237. The van der Waals surface area contributed by atoms with E-state index >= 15 is 0 Å². The van der Waals surface area contributed by atoms with E-state index in [1.54, 1.807) is 4.90 Å². The van der Waals surface area contributed by atoms with E-state index in [-0.39, 0.29) is 5.91 Å². The lowest BCUT2D eigenvalue weighted by Gasteiger charge is -2.16. The van der Waals surface area contributed by atoms with Gasteiger partial charge in [0, 0.05) is 31.0 Å². The number of carbonyl (C=O) groups excluding carboxylic acids is 1. The number of fused-ring (bicyclic) bond motifs is 1. The molecule has 0 fully saturated rings. The van der Waals surface area contributed by atoms with Gasteiger partial charge in [-0.05, 0) is 30.7 Å². The van der Waals surface area contributed by atoms with Crippen LogP contribution in [0.1, 0.15) is 20.9 Å². The molecule has 0 atom stereocenters. The fraction of sp³-hybridized carbons (Fsp3) is 0.250. The van der Waals surface area contributed by atoms with Gasteiger partial charge in [-0.15, -0.1) is 11.3 Å². The molecule has 4 nitrogen and oxygen atoms in total.